The van der Waals surface area contributed by atoms with Crippen LogP contribution in [0.2, 0.25) is 0 Å². The number of nitriles is 1. The highest BCUT2D eigenvalue weighted by molar-refractivity contribution is 5.85. The van der Waals surface area contributed by atoms with Gasteiger partial charge in [-0.1, -0.05) is 12.1 Å². The lowest BCUT2D eigenvalue weighted by molar-refractivity contribution is 0.187. The fraction of sp³-hybridized carbons (Fsp3) is 0.0714. The molecule has 0 radical (unpaired) electrons. The van der Waals surface area contributed by atoms with Crippen LogP contribution in [-0.4, -0.2) is 18.2 Å². The number of nitrogens with zero attached hydrogens (tertiary/aromatic N) is 2. The summed E-state index contributed by atoms with van der Waals surface area (Å²) in [5.74, 6) is 0. The summed E-state index contributed by atoms with van der Waals surface area (Å²) in [7, 11) is 1.31. The van der Waals surface area contributed by atoms with E-state index in [1.54, 1.807) is 24.4 Å². The largest absolute Gasteiger partial charge is 0.453 e. The molecule has 5 nitrogen and oxygen atoms in total. The number of pyridine rings is 1. The maximum absolute atomic E-state index is 11.0. The summed E-state index contributed by atoms with van der Waals surface area (Å²) in [6.45, 7) is 0. The molecule has 1 aromatic carbocycles. The normalized spacial score (nSPS) is 9.47. The Morgan fingerprint density at radius 1 is 1.26 bits per heavy atom. The predicted molar refractivity (Wildman–Crippen MR) is 70.4 cm³/mol. The summed E-state index contributed by atoms with van der Waals surface area (Å²) < 4.78 is 4.50. The number of nitrogens with one attached hydrogen (secondary N) is 1. The number of ether oxygens (including phenoxy) is 1. The number of carbonyl (C=O) groups excluding carboxylic acids is 1. The summed E-state index contributed by atoms with van der Waals surface area (Å²) in [6, 6.07) is 11.0. The van der Waals surface area contributed by atoms with Gasteiger partial charge in [-0.05, 0) is 23.8 Å². The van der Waals surface area contributed by atoms with Crippen molar-refractivity contribution in [2.45, 2.75) is 0 Å². The van der Waals surface area contributed by atoms with Gasteiger partial charge in [-0.3, -0.25) is 10.3 Å². The van der Waals surface area contributed by atoms with Gasteiger partial charge in [-0.2, -0.15) is 5.26 Å². The number of amides is 1. The highest BCUT2D eigenvalue weighted by Crippen LogP contribution is 2.21. The zero-order chi connectivity index (χ0) is 13.7. The Morgan fingerprint density at radius 3 is 2.63 bits per heavy atom. The molecule has 0 fully saturated rings. The number of methoxy groups -OCH3 is 1. The summed E-state index contributed by atoms with van der Waals surface area (Å²) >= 11 is 0. The summed E-state index contributed by atoms with van der Waals surface area (Å²) in [4.78, 5) is 15.0. The molecule has 94 valence electrons. The lowest BCUT2D eigenvalue weighted by Gasteiger charge is -2.05. The van der Waals surface area contributed by atoms with Crippen molar-refractivity contribution in [2.75, 3.05) is 12.4 Å². The Morgan fingerprint density at radius 2 is 2.00 bits per heavy atom. The second-order valence-corrected chi connectivity index (χ2v) is 3.77. The van der Waals surface area contributed by atoms with E-state index in [1.807, 2.05) is 18.2 Å². The number of hydrogen-bond acceptors (Lipinski definition) is 4. The first-order chi connectivity index (χ1) is 9.22. The van der Waals surface area contributed by atoms with Gasteiger partial charge in [-0.25, -0.2) is 4.79 Å². The third kappa shape index (κ3) is 3.07. The maximum Gasteiger partial charge on any atom is 0.411 e. The van der Waals surface area contributed by atoms with Crippen molar-refractivity contribution in [1.82, 2.24) is 4.98 Å². The summed E-state index contributed by atoms with van der Waals surface area (Å²) in [6.07, 6.45) is 2.68. The minimum Gasteiger partial charge on any atom is -0.453 e. The predicted octanol–water partition coefficient (Wildman–Crippen LogP) is 2.80. The maximum atomic E-state index is 11.0. The van der Waals surface area contributed by atoms with E-state index >= 15 is 0 Å². The average Bonchev–Trinajstić information content (AvgIpc) is 2.48. The third-order valence-electron chi connectivity index (χ3n) is 2.52. The molecule has 0 aliphatic carbocycles. The molecular formula is C14H11N3O2. The van der Waals surface area contributed by atoms with Crippen LogP contribution in [0.1, 0.15) is 5.56 Å². The molecule has 0 saturated heterocycles. The monoisotopic (exact) mass is 253 g/mol. The Hall–Kier alpha value is -2.87. The Balaban J connectivity index is 2.22. The van der Waals surface area contributed by atoms with Crippen LogP contribution in [0.3, 0.4) is 0 Å². The van der Waals surface area contributed by atoms with Crippen molar-refractivity contribution in [1.29, 1.82) is 5.26 Å². The molecular weight excluding hydrogens is 242 g/mol. The lowest BCUT2D eigenvalue weighted by Crippen LogP contribution is -2.10. The molecule has 1 N–H and O–H groups in total. The van der Waals surface area contributed by atoms with Crippen LogP contribution in [0.25, 0.3) is 11.1 Å². The van der Waals surface area contributed by atoms with Crippen molar-refractivity contribution >= 4 is 11.8 Å². The van der Waals surface area contributed by atoms with Gasteiger partial charge in [-0.15, -0.1) is 0 Å². The second kappa shape index (κ2) is 5.65. The van der Waals surface area contributed by atoms with E-state index in [2.05, 4.69) is 15.0 Å². The topological polar surface area (TPSA) is 75.0 Å². The first-order valence-corrected chi connectivity index (χ1v) is 5.53. The zero-order valence-electron chi connectivity index (χ0n) is 10.3. The van der Waals surface area contributed by atoms with Crippen LogP contribution >= 0.6 is 0 Å². The van der Waals surface area contributed by atoms with Crippen molar-refractivity contribution in [3.05, 3.63) is 48.3 Å². The van der Waals surface area contributed by atoms with Gasteiger partial charge in [0.05, 0.1) is 12.7 Å². The van der Waals surface area contributed by atoms with Gasteiger partial charge in [0, 0.05) is 23.6 Å². The van der Waals surface area contributed by atoms with Gasteiger partial charge in [0.1, 0.15) is 6.07 Å². The number of anilines is 1. The molecule has 1 heterocycles. The molecule has 0 bridgehead atoms. The van der Waals surface area contributed by atoms with Crippen molar-refractivity contribution in [3.63, 3.8) is 0 Å². The molecule has 0 spiro atoms. The van der Waals surface area contributed by atoms with Crippen LogP contribution in [0, 0.1) is 11.3 Å². The third-order valence-corrected chi connectivity index (χ3v) is 2.52. The molecule has 5 heteroatoms. The molecule has 1 aromatic heterocycles. The Labute approximate surface area is 110 Å². The van der Waals surface area contributed by atoms with Gasteiger partial charge in [0.2, 0.25) is 0 Å². The Bertz CT molecular complexity index is 630. The van der Waals surface area contributed by atoms with E-state index in [1.165, 1.54) is 13.3 Å². The van der Waals surface area contributed by atoms with Crippen LogP contribution in [-0.2, 0) is 4.74 Å². The standard InChI is InChI=1S/C14H11N3O2/c1-19-14(18)17-13-4-2-11(3-5-13)12-6-10(7-15)8-16-9-12/h2-6,8-9H,1H3,(H,17,18). The van der Waals surface area contributed by atoms with E-state index in [-0.39, 0.29) is 0 Å². The van der Waals surface area contributed by atoms with Crippen molar-refractivity contribution in [2.24, 2.45) is 0 Å². The Kier molecular flexibility index (Phi) is 3.74. The molecule has 0 saturated carbocycles. The quantitative estimate of drug-likeness (QED) is 0.892. The number of benzene rings is 1. The van der Waals surface area contributed by atoms with Gasteiger partial charge < -0.3 is 4.74 Å². The van der Waals surface area contributed by atoms with E-state index in [9.17, 15) is 4.79 Å². The highest BCUT2D eigenvalue weighted by atomic mass is 16.5. The van der Waals surface area contributed by atoms with Crippen molar-refractivity contribution < 1.29 is 9.53 Å². The van der Waals surface area contributed by atoms with Crippen LogP contribution in [0.4, 0.5) is 10.5 Å². The number of hydrogen-bond donors (Lipinski definition) is 1. The lowest BCUT2D eigenvalue weighted by atomic mass is 10.1. The van der Waals surface area contributed by atoms with Crippen molar-refractivity contribution in [3.8, 4) is 17.2 Å². The minimum absolute atomic E-state index is 0.509. The van der Waals surface area contributed by atoms with Gasteiger partial charge >= 0.3 is 6.09 Å². The van der Waals surface area contributed by atoms with E-state index in [4.69, 9.17) is 5.26 Å². The summed E-state index contributed by atoms with van der Waals surface area (Å²) in [5.41, 5.74) is 2.91. The molecule has 0 atom stereocenters. The molecule has 0 aliphatic rings. The fourth-order valence-corrected chi connectivity index (χ4v) is 1.57. The van der Waals surface area contributed by atoms with E-state index < -0.39 is 6.09 Å². The van der Waals surface area contributed by atoms with Crippen LogP contribution in [0.5, 0.6) is 0 Å². The zero-order valence-corrected chi connectivity index (χ0v) is 10.3. The van der Waals surface area contributed by atoms with Crippen LogP contribution < -0.4 is 5.32 Å². The molecule has 19 heavy (non-hydrogen) atoms. The SMILES string of the molecule is COC(=O)Nc1ccc(-c2cncc(C#N)c2)cc1. The number of rotatable bonds is 2. The minimum atomic E-state index is -0.513. The number of aromatic nitrogens is 1. The molecule has 2 aromatic rings. The highest BCUT2D eigenvalue weighted by Gasteiger charge is 2.02. The van der Waals surface area contributed by atoms with Gasteiger partial charge in [0.15, 0.2) is 0 Å². The van der Waals surface area contributed by atoms with Crippen LogP contribution in [0.15, 0.2) is 42.7 Å². The average molecular weight is 253 g/mol. The van der Waals surface area contributed by atoms with E-state index in [0.29, 0.717) is 11.3 Å². The first kappa shape index (κ1) is 12.6. The molecule has 2 rings (SSSR count). The molecule has 0 aliphatic heterocycles. The smallest absolute Gasteiger partial charge is 0.411 e. The summed E-state index contributed by atoms with van der Waals surface area (Å²) in [5, 5.41) is 11.4. The fourth-order valence-electron chi connectivity index (χ4n) is 1.57. The number of carbonyl (C=O) groups is 1. The second-order valence-electron chi connectivity index (χ2n) is 3.77. The van der Waals surface area contributed by atoms with Gasteiger partial charge in [0.25, 0.3) is 0 Å². The molecule has 0 unspecified atom stereocenters. The van der Waals surface area contributed by atoms with E-state index in [0.717, 1.165) is 11.1 Å². The first-order valence-electron chi connectivity index (χ1n) is 5.53. The molecule has 1 amide bonds.